The van der Waals surface area contributed by atoms with Crippen LogP contribution in [-0.2, 0) is 6.54 Å². The Labute approximate surface area is 158 Å². The number of carbonyl (C=O) groups excluding carboxylic acids is 1. The van der Waals surface area contributed by atoms with E-state index in [4.69, 9.17) is 0 Å². The van der Waals surface area contributed by atoms with Crippen LogP contribution < -0.4 is 10.9 Å². The molecule has 0 spiro atoms. The van der Waals surface area contributed by atoms with Crippen LogP contribution in [-0.4, -0.2) is 25.4 Å². The minimum absolute atomic E-state index is 0.219. The van der Waals surface area contributed by atoms with Crippen LogP contribution in [0.4, 0.5) is 0 Å². The highest BCUT2D eigenvalue weighted by atomic mass is 32.1. The van der Waals surface area contributed by atoms with Crippen molar-refractivity contribution in [3.8, 4) is 0 Å². The average Bonchev–Trinajstić information content (AvgIpc) is 3.30. The Balaban J connectivity index is 1.67. The summed E-state index contributed by atoms with van der Waals surface area (Å²) in [7, 11) is 0. The lowest BCUT2D eigenvalue weighted by Gasteiger charge is -2.19. The van der Waals surface area contributed by atoms with Gasteiger partial charge in [0.1, 0.15) is 4.83 Å². The largest absolute Gasteiger partial charge is 0.343 e. The highest BCUT2D eigenvalue weighted by molar-refractivity contribution is 7.20. The van der Waals surface area contributed by atoms with Crippen molar-refractivity contribution in [1.29, 1.82) is 0 Å². The van der Waals surface area contributed by atoms with Gasteiger partial charge >= 0.3 is 0 Å². The minimum Gasteiger partial charge on any atom is -0.343 e. The summed E-state index contributed by atoms with van der Waals surface area (Å²) in [4.78, 5) is 36.9. The standard InChI is InChI=1S/C19H17N5O2S/c1-12-15-17(25)21-10-22-19(15)27-16(12)18(26)23-14(9-24-8-7-20-11-24)13-5-3-2-4-6-13/h2-8,10-11,14H,9H2,1H3,(H,23,26)(H,21,22,25)/t14-/m0/s1. The topological polar surface area (TPSA) is 92.7 Å². The fraction of sp³-hybridized carbons (Fsp3) is 0.158. The third-order valence-corrected chi connectivity index (χ3v) is 5.60. The van der Waals surface area contributed by atoms with Crippen LogP contribution in [0.15, 0.2) is 60.2 Å². The molecule has 0 aliphatic rings. The Morgan fingerprint density at radius 3 is 2.85 bits per heavy atom. The van der Waals surface area contributed by atoms with E-state index in [2.05, 4.69) is 20.3 Å². The highest BCUT2D eigenvalue weighted by Crippen LogP contribution is 2.27. The molecule has 1 atom stereocenters. The van der Waals surface area contributed by atoms with Crippen molar-refractivity contribution in [2.45, 2.75) is 19.5 Å². The van der Waals surface area contributed by atoms with Crippen molar-refractivity contribution in [2.24, 2.45) is 0 Å². The van der Waals surface area contributed by atoms with Crippen molar-refractivity contribution in [3.05, 3.63) is 81.7 Å². The molecule has 0 aliphatic heterocycles. The van der Waals surface area contributed by atoms with Crippen LogP contribution in [0.25, 0.3) is 10.2 Å². The second-order valence-electron chi connectivity index (χ2n) is 6.16. The number of imidazole rings is 1. The first kappa shape index (κ1) is 17.2. The first-order valence-corrected chi connectivity index (χ1v) is 9.23. The number of aromatic nitrogens is 4. The summed E-state index contributed by atoms with van der Waals surface area (Å²) < 4.78 is 1.92. The van der Waals surface area contributed by atoms with Gasteiger partial charge in [0, 0.05) is 18.9 Å². The predicted octanol–water partition coefficient (Wildman–Crippen LogP) is 2.66. The number of hydrogen-bond donors (Lipinski definition) is 2. The molecule has 0 aliphatic carbocycles. The van der Waals surface area contributed by atoms with Gasteiger partial charge in [0.2, 0.25) is 0 Å². The Bertz CT molecular complexity index is 1130. The zero-order valence-electron chi connectivity index (χ0n) is 14.5. The lowest BCUT2D eigenvalue weighted by Crippen LogP contribution is -2.31. The van der Waals surface area contributed by atoms with E-state index in [1.165, 1.54) is 17.7 Å². The van der Waals surface area contributed by atoms with Crippen LogP contribution in [0.3, 0.4) is 0 Å². The van der Waals surface area contributed by atoms with Gasteiger partial charge in [-0.1, -0.05) is 30.3 Å². The van der Waals surface area contributed by atoms with Gasteiger partial charge < -0.3 is 14.9 Å². The number of nitrogens with zero attached hydrogens (tertiary/aromatic N) is 3. The van der Waals surface area contributed by atoms with Crippen LogP contribution in [0, 0.1) is 6.92 Å². The molecule has 0 radical (unpaired) electrons. The number of carbonyl (C=O) groups is 1. The lowest BCUT2D eigenvalue weighted by molar-refractivity contribution is 0.0936. The normalized spacial score (nSPS) is 12.2. The molecule has 0 fully saturated rings. The maximum absolute atomic E-state index is 13.0. The lowest BCUT2D eigenvalue weighted by atomic mass is 10.1. The van der Waals surface area contributed by atoms with Crippen LogP contribution in [0.1, 0.15) is 26.8 Å². The fourth-order valence-corrected chi connectivity index (χ4v) is 4.10. The summed E-state index contributed by atoms with van der Waals surface area (Å²) in [5, 5.41) is 3.56. The highest BCUT2D eigenvalue weighted by Gasteiger charge is 2.22. The van der Waals surface area contributed by atoms with Crippen molar-refractivity contribution >= 4 is 27.5 Å². The SMILES string of the molecule is Cc1c(C(=O)N[C@@H](Cn2ccnc2)c2ccccc2)sc2nc[nH]c(=O)c12. The number of benzene rings is 1. The van der Waals surface area contributed by atoms with Crippen LogP contribution >= 0.6 is 11.3 Å². The monoisotopic (exact) mass is 379 g/mol. The molecule has 1 aromatic carbocycles. The molecule has 27 heavy (non-hydrogen) atoms. The van der Waals surface area contributed by atoms with Crippen molar-refractivity contribution in [1.82, 2.24) is 24.8 Å². The van der Waals surface area contributed by atoms with E-state index in [1.54, 1.807) is 19.4 Å². The third kappa shape index (κ3) is 3.39. The molecule has 1 amide bonds. The summed E-state index contributed by atoms with van der Waals surface area (Å²) in [6.07, 6.45) is 6.64. The van der Waals surface area contributed by atoms with Gasteiger partial charge in [-0.15, -0.1) is 11.3 Å². The molecule has 4 rings (SSSR count). The molecule has 0 unspecified atom stereocenters. The molecule has 0 saturated carbocycles. The number of nitrogens with one attached hydrogen (secondary N) is 2. The quantitative estimate of drug-likeness (QED) is 0.558. The molecule has 8 heteroatoms. The number of fused-ring (bicyclic) bond motifs is 1. The van der Waals surface area contributed by atoms with Gasteiger partial charge in [0.25, 0.3) is 11.5 Å². The van der Waals surface area contributed by atoms with E-state index in [0.29, 0.717) is 27.2 Å². The summed E-state index contributed by atoms with van der Waals surface area (Å²) in [6, 6.07) is 9.54. The Kier molecular flexibility index (Phi) is 4.55. The Hall–Kier alpha value is -3.26. The zero-order chi connectivity index (χ0) is 18.8. The molecule has 3 aromatic heterocycles. The molecule has 136 valence electrons. The van der Waals surface area contributed by atoms with E-state index in [1.807, 2.05) is 41.1 Å². The second-order valence-corrected chi connectivity index (χ2v) is 7.16. The predicted molar refractivity (Wildman–Crippen MR) is 104 cm³/mol. The smallest absolute Gasteiger partial charge is 0.262 e. The summed E-state index contributed by atoms with van der Waals surface area (Å²) in [5.41, 5.74) is 1.41. The number of aryl methyl sites for hydroxylation is 1. The molecule has 3 heterocycles. The molecule has 2 N–H and O–H groups in total. The Morgan fingerprint density at radius 2 is 2.15 bits per heavy atom. The van der Waals surface area contributed by atoms with Gasteiger partial charge in [0.05, 0.1) is 29.0 Å². The molecule has 0 bridgehead atoms. The van der Waals surface area contributed by atoms with Gasteiger partial charge in [-0.3, -0.25) is 9.59 Å². The Morgan fingerprint density at radius 1 is 1.33 bits per heavy atom. The number of rotatable bonds is 5. The number of hydrogen-bond acceptors (Lipinski definition) is 5. The minimum atomic E-state index is -0.233. The van der Waals surface area contributed by atoms with Crippen LogP contribution in [0.2, 0.25) is 0 Å². The maximum atomic E-state index is 13.0. The van der Waals surface area contributed by atoms with E-state index in [-0.39, 0.29) is 17.5 Å². The van der Waals surface area contributed by atoms with Crippen molar-refractivity contribution in [2.75, 3.05) is 0 Å². The van der Waals surface area contributed by atoms with E-state index >= 15 is 0 Å². The van der Waals surface area contributed by atoms with E-state index in [0.717, 1.165) is 5.56 Å². The summed E-state index contributed by atoms with van der Waals surface area (Å²) >= 11 is 1.23. The molecule has 0 saturated heterocycles. The van der Waals surface area contributed by atoms with E-state index in [9.17, 15) is 9.59 Å². The molecule has 4 aromatic rings. The second kappa shape index (κ2) is 7.16. The fourth-order valence-electron chi connectivity index (χ4n) is 3.04. The third-order valence-electron chi connectivity index (χ3n) is 4.40. The number of amides is 1. The number of aromatic amines is 1. The van der Waals surface area contributed by atoms with Crippen molar-refractivity contribution < 1.29 is 4.79 Å². The summed E-state index contributed by atoms with van der Waals surface area (Å²) in [6.45, 7) is 2.33. The van der Waals surface area contributed by atoms with Gasteiger partial charge in [-0.2, -0.15) is 0 Å². The number of thiophene rings is 1. The molecular formula is C19H17N5O2S. The summed E-state index contributed by atoms with van der Waals surface area (Å²) in [5.74, 6) is -0.219. The van der Waals surface area contributed by atoms with Crippen LogP contribution in [0.5, 0.6) is 0 Å². The first-order valence-electron chi connectivity index (χ1n) is 8.42. The van der Waals surface area contributed by atoms with Gasteiger partial charge in [-0.25, -0.2) is 9.97 Å². The first-order chi connectivity index (χ1) is 13.1. The zero-order valence-corrected chi connectivity index (χ0v) is 15.4. The van der Waals surface area contributed by atoms with Crippen molar-refractivity contribution in [3.63, 3.8) is 0 Å². The number of H-pyrrole nitrogens is 1. The molecular weight excluding hydrogens is 362 g/mol. The van der Waals surface area contributed by atoms with Gasteiger partial charge in [-0.05, 0) is 18.1 Å². The van der Waals surface area contributed by atoms with E-state index < -0.39 is 0 Å². The maximum Gasteiger partial charge on any atom is 0.262 e. The van der Waals surface area contributed by atoms with Gasteiger partial charge in [0.15, 0.2) is 0 Å². The molecule has 7 nitrogen and oxygen atoms in total. The average molecular weight is 379 g/mol.